The van der Waals surface area contributed by atoms with Crippen LogP contribution in [0.25, 0.3) is 11.3 Å². The Morgan fingerprint density at radius 3 is 2.79 bits per heavy atom. The standard InChI is InChI=1S/C14H17N3O2/c1-19-14(18)11(9-15)7-12-8-13(17-16-12)10-5-3-2-4-6-10/h2-6,8,11H,7,9,15H2,1H3,(H,16,17). The molecule has 2 rings (SSSR count). The molecule has 5 nitrogen and oxygen atoms in total. The Morgan fingerprint density at radius 1 is 1.42 bits per heavy atom. The van der Waals surface area contributed by atoms with E-state index in [2.05, 4.69) is 10.2 Å². The predicted molar refractivity (Wildman–Crippen MR) is 72.3 cm³/mol. The number of nitrogens with one attached hydrogen (secondary N) is 1. The first-order chi connectivity index (χ1) is 9.24. The number of ether oxygens (including phenoxy) is 1. The highest BCUT2D eigenvalue weighted by Crippen LogP contribution is 2.18. The summed E-state index contributed by atoms with van der Waals surface area (Å²) in [4.78, 5) is 11.5. The van der Waals surface area contributed by atoms with Gasteiger partial charge in [0, 0.05) is 24.2 Å². The molecule has 0 spiro atoms. The average Bonchev–Trinajstić information content (AvgIpc) is 2.93. The Hall–Kier alpha value is -2.14. The Bertz CT molecular complexity index is 537. The van der Waals surface area contributed by atoms with Crippen LogP contribution in [0.15, 0.2) is 36.4 Å². The maximum absolute atomic E-state index is 11.5. The second-order valence-electron chi connectivity index (χ2n) is 4.30. The van der Waals surface area contributed by atoms with E-state index in [1.807, 2.05) is 36.4 Å². The fourth-order valence-electron chi connectivity index (χ4n) is 1.92. The van der Waals surface area contributed by atoms with Gasteiger partial charge in [0.25, 0.3) is 0 Å². The molecule has 0 aliphatic heterocycles. The third kappa shape index (κ3) is 3.20. The topological polar surface area (TPSA) is 81.0 Å². The maximum atomic E-state index is 11.5. The van der Waals surface area contributed by atoms with E-state index >= 15 is 0 Å². The number of benzene rings is 1. The smallest absolute Gasteiger partial charge is 0.310 e. The van der Waals surface area contributed by atoms with Crippen LogP contribution in [0.4, 0.5) is 0 Å². The van der Waals surface area contributed by atoms with Gasteiger partial charge in [-0.05, 0) is 6.07 Å². The summed E-state index contributed by atoms with van der Waals surface area (Å²) in [6.07, 6.45) is 0.503. The molecule has 1 aromatic carbocycles. The van der Waals surface area contributed by atoms with E-state index < -0.39 is 0 Å². The van der Waals surface area contributed by atoms with Gasteiger partial charge in [0.1, 0.15) is 0 Å². The highest BCUT2D eigenvalue weighted by atomic mass is 16.5. The number of nitrogens with two attached hydrogens (primary N) is 1. The van der Waals surface area contributed by atoms with Crippen LogP contribution in [0.1, 0.15) is 5.69 Å². The van der Waals surface area contributed by atoms with Crippen molar-refractivity contribution in [2.45, 2.75) is 6.42 Å². The third-order valence-electron chi connectivity index (χ3n) is 2.99. The van der Waals surface area contributed by atoms with Crippen molar-refractivity contribution in [3.05, 3.63) is 42.1 Å². The van der Waals surface area contributed by atoms with E-state index in [4.69, 9.17) is 10.5 Å². The van der Waals surface area contributed by atoms with E-state index in [0.717, 1.165) is 17.0 Å². The molecule has 1 aromatic heterocycles. The summed E-state index contributed by atoms with van der Waals surface area (Å²) in [6, 6.07) is 11.8. The number of carbonyl (C=O) groups is 1. The van der Waals surface area contributed by atoms with Gasteiger partial charge in [0.05, 0.1) is 18.7 Å². The van der Waals surface area contributed by atoms with Crippen molar-refractivity contribution in [3.8, 4) is 11.3 Å². The monoisotopic (exact) mass is 259 g/mol. The Morgan fingerprint density at radius 2 is 2.16 bits per heavy atom. The van der Waals surface area contributed by atoms with Gasteiger partial charge in [-0.15, -0.1) is 0 Å². The summed E-state index contributed by atoms with van der Waals surface area (Å²) in [6.45, 7) is 0.256. The SMILES string of the molecule is COC(=O)C(CN)Cc1cc(-c2ccccc2)n[nH]1. The van der Waals surface area contributed by atoms with Gasteiger partial charge >= 0.3 is 5.97 Å². The zero-order valence-corrected chi connectivity index (χ0v) is 10.8. The molecule has 2 aromatic rings. The Kier molecular flexibility index (Phi) is 4.30. The highest BCUT2D eigenvalue weighted by Gasteiger charge is 2.19. The van der Waals surface area contributed by atoms with Gasteiger partial charge in [-0.3, -0.25) is 9.89 Å². The minimum atomic E-state index is -0.339. The van der Waals surface area contributed by atoms with Crippen molar-refractivity contribution in [2.75, 3.05) is 13.7 Å². The molecule has 0 amide bonds. The number of rotatable bonds is 5. The molecule has 0 aliphatic rings. The van der Waals surface area contributed by atoms with Crippen molar-refractivity contribution in [2.24, 2.45) is 11.7 Å². The first kappa shape index (κ1) is 13.3. The molecular formula is C14H17N3O2. The van der Waals surface area contributed by atoms with Crippen LogP contribution in [-0.4, -0.2) is 29.8 Å². The van der Waals surface area contributed by atoms with E-state index in [1.165, 1.54) is 7.11 Å². The first-order valence-corrected chi connectivity index (χ1v) is 6.12. The van der Waals surface area contributed by atoms with E-state index in [1.54, 1.807) is 0 Å². The van der Waals surface area contributed by atoms with Crippen LogP contribution in [0.5, 0.6) is 0 Å². The van der Waals surface area contributed by atoms with Gasteiger partial charge in [-0.2, -0.15) is 5.10 Å². The maximum Gasteiger partial charge on any atom is 0.310 e. The fraction of sp³-hybridized carbons (Fsp3) is 0.286. The lowest BCUT2D eigenvalue weighted by atomic mass is 10.0. The first-order valence-electron chi connectivity index (χ1n) is 6.12. The molecule has 0 aliphatic carbocycles. The molecule has 5 heteroatoms. The van der Waals surface area contributed by atoms with E-state index in [0.29, 0.717) is 6.42 Å². The van der Waals surface area contributed by atoms with Crippen LogP contribution < -0.4 is 5.73 Å². The van der Waals surface area contributed by atoms with Gasteiger partial charge in [0.15, 0.2) is 0 Å². The summed E-state index contributed by atoms with van der Waals surface area (Å²) < 4.78 is 4.71. The van der Waals surface area contributed by atoms with Gasteiger partial charge in [-0.25, -0.2) is 0 Å². The summed E-state index contributed by atoms with van der Waals surface area (Å²) in [7, 11) is 1.37. The number of methoxy groups -OCH3 is 1. The lowest BCUT2D eigenvalue weighted by Crippen LogP contribution is -2.26. The number of nitrogens with zero attached hydrogens (tertiary/aromatic N) is 1. The summed E-state index contributed by atoms with van der Waals surface area (Å²) in [5.41, 5.74) is 8.35. The van der Waals surface area contributed by atoms with Crippen LogP contribution in [0.3, 0.4) is 0 Å². The van der Waals surface area contributed by atoms with Crippen molar-refractivity contribution in [1.29, 1.82) is 0 Å². The second-order valence-corrected chi connectivity index (χ2v) is 4.30. The van der Waals surface area contributed by atoms with Crippen molar-refractivity contribution in [3.63, 3.8) is 0 Å². The molecule has 1 heterocycles. The van der Waals surface area contributed by atoms with Crippen LogP contribution >= 0.6 is 0 Å². The highest BCUT2D eigenvalue weighted by molar-refractivity contribution is 5.73. The van der Waals surface area contributed by atoms with Crippen LogP contribution in [0.2, 0.25) is 0 Å². The van der Waals surface area contributed by atoms with Crippen LogP contribution in [-0.2, 0) is 16.0 Å². The molecule has 0 saturated carbocycles. The van der Waals surface area contributed by atoms with Gasteiger partial charge in [0.2, 0.25) is 0 Å². The predicted octanol–water partition coefficient (Wildman–Crippen LogP) is 1.37. The molecule has 0 radical (unpaired) electrons. The van der Waals surface area contributed by atoms with Crippen molar-refractivity contribution >= 4 is 5.97 Å². The summed E-state index contributed by atoms with van der Waals surface area (Å²) >= 11 is 0. The quantitative estimate of drug-likeness (QED) is 0.795. The van der Waals surface area contributed by atoms with Gasteiger partial charge in [-0.1, -0.05) is 30.3 Å². The molecule has 0 bridgehead atoms. The molecule has 0 saturated heterocycles. The minimum Gasteiger partial charge on any atom is -0.469 e. The Balaban J connectivity index is 2.11. The minimum absolute atomic E-state index is 0.256. The number of esters is 1. The van der Waals surface area contributed by atoms with E-state index in [9.17, 15) is 4.79 Å². The largest absolute Gasteiger partial charge is 0.469 e. The second kappa shape index (κ2) is 6.15. The zero-order valence-electron chi connectivity index (χ0n) is 10.8. The summed E-state index contributed by atoms with van der Waals surface area (Å²) in [5, 5.41) is 7.18. The lowest BCUT2D eigenvalue weighted by Gasteiger charge is -2.10. The normalized spacial score (nSPS) is 12.1. The molecule has 19 heavy (non-hydrogen) atoms. The zero-order chi connectivity index (χ0) is 13.7. The number of H-pyrrole nitrogens is 1. The number of aromatic nitrogens is 2. The number of carbonyl (C=O) groups excluding carboxylic acids is 1. The van der Waals surface area contributed by atoms with Crippen LogP contribution in [0, 0.1) is 5.92 Å². The molecular weight excluding hydrogens is 242 g/mol. The molecule has 3 N–H and O–H groups in total. The summed E-state index contributed by atoms with van der Waals surface area (Å²) in [5.74, 6) is -0.632. The van der Waals surface area contributed by atoms with Gasteiger partial charge < -0.3 is 10.5 Å². The molecule has 0 fully saturated rings. The van der Waals surface area contributed by atoms with Crippen molar-refractivity contribution in [1.82, 2.24) is 10.2 Å². The third-order valence-corrected chi connectivity index (χ3v) is 2.99. The number of hydrogen-bond acceptors (Lipinski definition) is 4. The average molecular weight is 259 g/mol. The van der Waals surface area contributed by atoms with Crippen molar-refractivity contribution < 1.29 is 9.53 Å². The fourth-order valence-corrected chi connectivity index (χ4v) is 1.92. The number of hydrogen-bond donors (Lipinski definition) is 2. The molecule has 100 valence electrons. The number of aromatic amines is 1. The lowest BCUT2D eigenvalue weighted by molar-refractivity contribution is -0.145. The molecule has 1 atom stereocenters. The van der Waals surface area contributed by atoms with E-state index in [-0.39, 0.29) is 18.4 Å². The molecule has 1 unspecified atom stereocenters. The Labute approximate surface area is 111 Å².